The van der Waals surface area contributed by atoms with E-state index in [4.69, 9.17) is 10.2 Å². The zero-order valence-corrected chi connectivity index (χ0v) is 16.1. The predicted molar refractivity (Wildman–Crippen MR) is 94.8 cm³/mol. The smallest absolute Gasteiger partial charge is 0.341 e. The van der Waals surface area contributed by atoms with Crippen molar-refractivity contribution in [2.24, 2.45) is 0 Å². The fourth-order valence-corrected chi connectivity index (χ4v) is 2.67. The summed E-state index contributed by atoms with van der Waals surface area (Å²) in [6.45, 7) is 2.32. The van der Waals surface area contributed by atoms with Crippen LogP contribution in [0.25, 0.3) is 5.57 Å². The summed E-state index contributed by atoms with van der Waals surface area (Å²) in [6, 6.07) is 0.0749. The van der Waals surface area contributed by atoms with Gasteiger partial charge in [0.05, 0.1) is 0 Å². The number of alkyl halides is 1. The van der Waals surface area contributed by atoms with Crippen LogP contribution >= 0.6 is 24.8 Å². The van der Waals surface area contributed by atoms with Crippen LogP contribution in [0.4, 0.5) is 26.3 Å². The van der Waals surface area contributed by atoms with Crippen molar-refractivity contribution >= 4 is 42.3 Å². The fourth-order valence-electron chi connectivity index (χ4n) is 2.67. The molecule has 0 bridgehead atoms. The molecule has 2 N–H and O–H groups in total. The number of hydrogen-bond acceptors (Lipinski definition) is 2. The highest BCUT2D eigenvalue weighted by molar-refractivity contribution is 5.98. The van der Waals surface area contributed by atoms with E-state index in [1.807, 2.05) is 0 Å². The Labute approximate surface area is 172 Å². The lowest BCUT2D eigenvalue weighted by molar-refractivity contribution is -0.133. The van der Waals surface area contributed by atoms with Gasteiger partial charge in [-0.05, 0) is 19.9 Å². The summed E-state index contributed by atoms with van der Waals surface area (Å²) in [7, 11) is 0. The van der Waals surface area contributed by atoms with Crippen LogP contribution in [0.1, 0.15) is 29.8 Å². The van der Waals surface area contributed by atoms with E-state index in [0.717, 1.165) is 13.8 Å². The SMILES string of the molecule is CC(C)=C1C(c2cc(F)c(C(=O)O)c(F)c2F)=C(F)C(F)=C(C(=O)O)C1F.Cl.Cl. The van der Waals surface area contributed by atoms with Crippen LogP contribution in [0.3, 0.4) is 0 Å². The van der Waals surface area contributed by atoms with Crippen LogP contribution in [0.2, 0.25) is 0 Å². The Morgan fingerprint density at radius 1 is 0.897 bits per heavy atom. The molecule has 0 saturated carbocycles. The van der Waals surface area contributed by atoms with Gasteiger partial charge in [-0.2, -0.15) is 0 Å². The first kappa shape index (κ1) is 26.5. The predicted octanol–water partition coefficient (Wildman–Crippen LogP) is 5.32. The first-order valence-electron chi connectivity index (χ1n) is 7.17. The van der Waals surface area contributed by atoms with E-state index >= 15 is 0 Å². The molecule has 1 aromatic carbocycles. The molecule has 29 heavy (non-hydrogen) atoms. The van der Waals surface area contributed by atoms with E-state index in [1.54, 1.807) is 0 Å². The molecular formula is C17H12Cl2F6O4. The summed E-state index contributed by atoms with van der Waals surface area (Å²) in [6.07, 6.45) is -2.76. The summed E-state index contributed by atoms with van der Waals surface area (Å²) in [4.78, 5) is 21.8. The third-order valence-electron chi connectivity index (χ3n) is 3.84. The number of carboxylic acids is 2. The molecule has 0 amide bonds. The Hall–Kier alpha value is -2.46. The molecule has 0 heterocycles. The molecule has 0 spiro atoms. The lowest BCUT2D eigenvalue weighted by Gasteiger charge is -2.25. The van der Waals surface area contributed by atoms with E-state index in [1.165, 1.54) is 0 Å². The number of allylic oxidation sites excluding steroid dienone is 5. The average Bonchev–Trinajstić information content (AvgIpc) is 2.53. The van der Waals surface area contributed by atoms with Crippen LogP contribution in [-0.2, 0) is 4.79 Å². The minimum atomic E-state index is -2.76. The maximum absolute atomic E-state index is 14.6. The van der Waals surface area contributed by atoms with E-state index in [0.29, 0.717) is 0 Å². The van der Waals surface area contributed by atoms with Gasteiger partial charge < -0.3 is 10.2 Å². The van der Waals surface area contributed by atoms with Gasteiger partial charge in [0.1, 0.15) is 17.0 Å². The second-order valence-electron chi connectivity index (χ2n) is 5.71. The molecular weight excluding hydrogens is 453 g/mol. The van der Waals surface area contributed by atoms with Crippen LogP contribution in [0.5, 0.6) is 0 Å². The monoisotopic (exact) mass is 464 g/mol. The number of rotatable bonds is 3. The van der Waals surface area contributed by atoms with Gasteiger partial charge >= 0.3 is 11.9 Å². The van der Waals surface area contributed by atoms with Crippen molar-refractivity contribution in [2.75, 3.05) is 0 Å². The summed E-state index contributed by atoms with van der Waals surface area (Å²) >= 11 is 0. The van der Waals surface area contributed by atoms with E-state index in [9.17, 15) is 35.9 Å². The van der Waals surface area contributed by atoms with Gasteiger partial charge in [0.2, 0.25) is 0 Å². The Morgan fingerprint density at radius 2 is 1.41 bits per heavy atom. The Morgan fingerprint density at radius 3 is 1.83 bits per heavy atom. The Balaban J connectivity index is 0.00000392. The second kappa shape index (κ2) is 9.36. The summed E-state index contributed by atoms with van der Waals surface area (Å²) in [5, 5.41) is 17.6. The maximum Gasteiger partial charge on any atom is 0.341 e. The lowest BCUT2D eigenvalue weighted by Crippen LogP contribution is -2.24. The van der Waals surface area contributed by atoms with Crippen molar-refractivity contribution in [1.82, 2.24) is 0 Å². The average molecular weight is 465 g/mol. The van der Waals surface area contributed by atoms with Gasteiger partial charge in [-0.15, -0.1) is 24.8 Å². The summed E-state index contributed by atoms with van der Waals surface area (Å²) < 4.78 is 85.2. The third-order valence-corrected chi connectivity index (χ3v) is 3.84. The molecule has 0 aromatic heterocycles. The van der Waals surface area contributed by atoms with Gasteiger partial charge in [0.25, 0.3) is 0 Å². The lowest BCUT2D eigenvalue weighted by atomic mass is 9.82. The number of carbonyl (C=O) groups is 2. The first-order valence-corrected chi connectivity index (χ1v) is 7.17. The van der Waals surface area contributed by atoms with Gasteiger partial charge in [0, 0.05) is 16.7 Å². The fraction of sp³-hybridized carbons (Fsp3) is 0.176. The molecule has 1 unspecified atom stereocenters. The second-order valence-corrected chi connectivity index (χ2v) is 5.71. The molecule has 12 heteroatoms. The van der Waals surface area contributed by atoms with Crippen molar-refractivity contribution < 1.29 is 46.1 Å². The van der Waals surface area contributed by atoms with Gasteiger partial charge in [0.15, 0.2) is 29.5 Å². The zero-order chi connectivity index (χ0) is 20.8. The normalized spacial score (nSPS) is 16.3. The molecule has 0 saturated heterocycles. The summed E-state index contributed by atoms with van der Waals surface area (Å²) in [5.74, 6) is -14.6. The molecule has 1 aliphatic rings. The molecule has 160 valence electrons. The zero-order valence-electron chi connectivity index (χ0n) is 14.4. The van der Waals surface area contributed by atoms with Crippen molar-refractivity contribution in [3.63, 3.8) is 0 Å². The Kier molecular flexibility index (Phi) is 8.56. The molecule has 1 aliphatic carbocycles. The Bertz CT molecular complexity index is 981. The molecule has 2 rings (SSSR count). The van der Waals surface area contributed by atoms with Crippen LogP contribution in [0.15, 0.2) is 34.4 Å². The number of aromatic carboxylic acids is 1. The minimum Gasteiger partial charge on any atom is -0.478 e. The van der Waals surface area contributed by atoms with E-state index < -0.39 is 75.1 Å². The number of halogens is 8. The van der Waals surface area contributed by atoms with Crippen molar-refractivity contribution in [2.45, 2.75) is 20.0 Å². The number of hydrogen-bond donors (Lipinski definition) is 2. The van der Waals surface area contributed by atoms with Crippen LogP contribution in [0, 0.1) is 17.5 Å². The quantitative estimate of drug-likeness (QED) is 0.468. The first-order chi connectivity index (χ1) is 12.4. The van der Waals surface area contributed by atoms with Gasteiger partial charge in [-0.1, -0.05) is 5.57 Å². The maximum atomic E-state index is 14.6. The van der Waals surface area contributed by atoms with Crippen LogP contribution < -0.4 is 0 Å². The standard InChI is InChI=1S/C17H10F6O4.2ClH/c1-4(2)7-8(13(21)15(23)10(12(7)20)17(26)27)5-3-6(18)9(16(24)25)14(22)11(5)19;;/h3,12H,1-2H3,(H,24,25)(H,26,27);2*1H. The largest absolute Gasteiger partial charge is 0.478 e. The molecule has 1 atom stereocenters. The number of aliphatic carboxylic acids is 1. The van der Waals surface area contributed by atoms with Crippen LogP contribution in [-0.4, -0.2) is 28.3 Å². The van der Waals surface area contributed by atoms with Gasteiger partial charge in [-0.25, -0.2) is 35.9 Å². The molecule has 4 nitrogen and oxygen atoms in total. The molecule has 0 radical (unpaired) electrons. The molecule has 0 fully saturated rings. The topological polar surface area (TPSA) is 74.6 Å². The highest BCUT2D eigenvalue weighted by Gasteiger charge is 2.41. The number of carboxylic acid groups (broad SMARTS) is 2. The minimum absolute atomic E-state index is 0. The van der Waals surface area contributed by atoms with E-state index in [2.05, 4.69) is 0 Å². The third kappa shape index (κ3) is 4.27. The molecule has 0 aliphatic heterocycles. The molecule has 1 aromatic rings. The van der Waals surface area contributed by atoms with Crippen molar-refractivity contribution in [3.8, 4) is 0 Å². The summed E-state index contributed by atoms with van der Waals surface area (Å²) in [5.41, 5.74) is -6.75. The van der Waals surface area contributed by atoms with Crippen molar-refractivity contribution in [1.29, 1.82) is 0 Å². The highest BCUT2D eigenvalue weighted by Crippen LogP contribution is 2.45. The van der Waals surface area contributed by atoms with Crippen molar-refractivity contribution in [3.05, 3.63) is 63.0 Å². The van der Waals surface area contributed by atoms with E-state index in [-0.39, 0.29) is 36.5 Å². The number of benzene rings is 1. The van der Waals surface area contributed by atoms with Gasteiger partial charge in [-0.3, -0.25) is 0 Å². The highest BCUT2D eigenvalue weighted by atomic mass is 35.5.